The van der Waals surface area contributed by atoms with E-state index in [4.69, 9.17) is 5.73 Å². The van der Waals surface area contributed by atoms with Gasteiger partial charge in [0.15, 0.2) is 0 Å². The number of aromatic nitrogens is 1. The van der Waals surface area contributed by atoms with Crippen molar-refractivity contribution in [3.63, 3.8) is 0 Å². The van der Waals surface area contributed by atoms with Crippen molar-refractivity contribution in [2.75, 3.05) is 13.2 Å². The van der Waals surface area contributed by atoms with Crippen LogP contribution in [0.3, 0.4) is 0 Å². The maximum Gasteiger partial charge on any atom is 0.0589 e. The normalized spacial score (nSPS) is 25.4. The van der Waals surface area contributed by atoms with Gasteiger partial charge < -0.3 is 10.8 Å². The molecule has 0 aromatic carbocycles. The summed E-state index contributed by atoms with van der Waals surface area (Å²) in [5.41, 5.74) is 7.83. The summed E-state index contributed by atoms with van der Waals surface area (Å²) in [6, 6.07) is 4.30. The molecule has 0 spiro atoms. The van der Waals surface area contributed by atoms with E-state index < -0.39 is 0 Å². The van der Waals surface area contributed by atoms with Gasteiger partial charge in [-0.3, -0.25) is 9.88 Å². The van der Waals surface area contributed by atoms with E-state index in [-0.39, 0.29) is 12.6 Å². The van der Waals surface area contributed by atoms with Gasteiger partial charge in [-0.05, 0) is 30.5 Å². The van der Waals surface area contributed by atoms with Crippen LogP contribution in [-0.2, 0) is 13.1 Å². The fourth-order valence-electron chi connectivity index (χ4n) is 2.60. The van der Waals surface area contributed by atoms with Crippen LogP contribution in [0.15, 0.2) is 18.3 Å². The number of nitrogens with two attached hydrogens (primary N) is 1. The van der Waals surface area contributed by atoms with Gasteiger partial charge in [0.05, 0.1) is 12.3 Å². The minimum Gasteiger partial charge on any atom is -0.395 e. The molecule has 17 heavy (non-hydrogen) atoms. The van der Waals surface area contributed by atoms with Crippen molar-refractivity contribution in [1.29, 1.82) is 0 Å². The van der Waals surface area contributed by atoms with Gasteiger partial charge in [-0.2, -0.15) is 0 Å². The largest absolute Gasteiger partial charge is 0.395 e. The summed E-state index contributed by atoms with van der Waals surface area (Å²) >= 11 is 0. The molecule has 1 aliphatic rings. The molecule has 0 amide bonds. The molecule has 0 saturated carbocycles. The zero-order valence-electron chi connectivity index (χ0n) is 10.3. The summed E-state index contributed by atoms with van der Waals surface area (Å²) in [7, 11) is 0. The Morgan fingerprint density at radius 3 is 3.12 bits per heavy atom. The van der Waals surface area contributed by atoms with Crippen molar-refractivity contribution >= 4 is 0 Å². The first-order valence-corrected chi connectivity index (χ1v) is 6.24. The highest BCUT2D eigenvalue weighted by molar-refractivity contribution is 5.19. The van der Waals surface area contributed by atoms with Crippen molar-refractivity contribution in [1.82, 2.24) is 9.88 Å². The van der Waals surface area contributed by atoms with Gasteiger partial charge in [0.1, 0.15) is 0 Å². The zero-order chi connectivity index (χ0) is 12.3. The van der Waals surface area contributed by atoms with Crippen LogP contribution in [-0.4, -0.2) is 34.2 Å². The standard InChI is InChI=1S/C13H21N3O/c1-10-4-6-16(13(10)9-17)8-11-3-2-5-15-12(11)7-14/h2-3,5,10,13,17H,4,6-9,14H2,1H3. The Labute approximate surface area is 102 Å². The quantitative estimate of drug-likeness (QED) is 0.808. The van der Waals surface area contributed by atoms with Crippen LogP contribution in [0.2, 0.25) is 0 Å². The van der Waals surface area contributed by atoms with E-state index in [2.05, 4.69) is 22.9 Å². The predicted molar refractivity (Wildman–Crippen MR) is 67.2 cm³/mol. The van der Waals surface area contributed by atoms with Crippen LogP contribution < -0.4 is 5.73 Å². The average molecular weight is 235 g/mol. The molecule has 2 atom stereocenters. The second-order valence-electron chi connectivity index (χ2n) is 4.80. The molecule has 3 N–H and O–H groups in total. The van der Waals surface area contributed by atoms with Gasteiger partial charge in [0.25, 0.3) is 0 Å². The predicted octanol–water partition coefficient (Wildman–Crippen LogP) is 0.743. The molecular weight excluding hydrogens is 214 g/mol. The number of likely N-dealkylation sites (tertiary alicyclic amines) is 1. The van der Waals surface area contributed by atoms with E-state index >= 15 is 0 Å². The van der Waals surface area contributed by atoms with Crippen molar-refractivity contribution < 1.29 is 5.11 Å². The third kappa shape index (κ3) is 2.65. The Hall–Kier alpha value is -0.970. The molecule has 4 heteroatoms. The van der Waals surface area contributed by atoms with Gasteiger partial charge in [-0.25, -0.2) is 0 Å². The lowest BCUT2D eigenvalue weighted by Crippen LogP contribution is -2.35. The summed E-state index contributed by atoms with van der Waals surface area (Å²) in [4.78, 5) is 6.63. The van der Waals surface area contributed by atoms with E-state index in [1.54, 1.807) is 6.20 Å². The van der Waals surface area contributed by atoms with Gasteiger partial charge in [0.2, 0.25) is 0 Å². The third-order valence-electron chi connectivity index (χ3n) is 3.74. The number of nitrogens with zero attached hydrogens (tertiary/aromatic N) is 2. The number of pyridine rings is 1. The zero-order valence-corrected chi connectivity index (χ0v) is 10.3. The summed E-state index contributed by atoms with van der Waals surface area (Å²) in [6.07, 6.45) is 2.94. The molecule has 1 aromatic heterocycles. The van der Waals surface area contributed by atoms with Crippen LogP contribution >= 0.6 is 0 Å². The molecule has 0 bridgehead atoms. The summed E-state index contributed by atoms with van der Waals surface area (Å²) in [6.45, 7) is 4.80. The molecule has 2 unspecified atom stereocenters. The molecule has 94 valence electrons. The van der Waals surface area contributed by atoms with Gasteiger partial charge in [0, 0.05) is 25.3 Å². The molecule has 1 saturated heterocycles. The van der Waals surface area contributed by atoms with Crippen LogP contribution in [0.25, 0.3) is 0 Å². The Morgan fingerprint density at radius 1 is 1.59 bits per heavy atom. The maximum absolute atomic E-state index is 9.43. The van der Waals surface area contributed by atoms with Crippen LogP contribution in [0.1, 0.15) is 24.6 Å². The Bertz CT molecular complexity index is 369. The third-order valence-corrected chi connectivity index (χ3v) is 3.74. The van der Waals surface area contributed by atoms with Crippen LogP contribution in [0, 0.1) is 5.92 Å². The molecular formula is C13H21N3O. The minimum absolute atomic E-state index is 0.236. The minimum atomic E-state index is 0.236. The fraction of sp³-hybridized carbons (Fsp3) is 0.615. The molecule has 2 rings (SSSR count). The average Bonchev–Trinajstić information content (AvgIpc) is 2.70. The molecule has 2 heterocycles. The van der Waals surface area contributed by atoms with E-state index in [1.165, 1.54) is 5.56 Å². The lowest BCUT2D eigenvalue weighted by molar-refractivity contribution is 0.134. The van der Waals surface area contributed by atoms with E-state index in [0.29, 0.717) is 12.5 Å². The number of hydrogen-bond acceptors (Lipinski definition) is 4. The van der Waals surface area contributed by atoms with E-state index in [1.807, 2.05) is 6.07 Å². The first-order valence-electron chi connectivity index (χ1n) is 6.24. The molecule has 0 radical (unpaired) electrons. The molecule has 1 aromatic rings. The summed E-state index contributed by atoms with van der Waals surface area (Å²) in [5.74, 6) is 0.568. The van der Waals surface area contributed by atoms with Gasteiger partial charge in [-0.15, -0.1) is 0 Å². The second kappa shape index (κ2) is 5.58. The van der Waals surface area contributed by atoms with Crippen molar-refractivity contribution in [2.45, 2.75) is 32.5 Å². The summed E-state index contributed by atoms with van der Waals surface area (Å²) < 4.78 is 0. The van der Waals surface area contributed by atoms with Gasteiger partial charge >= 0.3 is 0 Å². The Morgan fingerprint density at radius 2 is 2.41 bits per heavy atom. The first kappa shape index (κ1) is 12.5. The maximum atomic E-state index is 9.43. The van der Waals surface area contributed by atoms with E-state index in [9.17, 15) is 5.11 Å². The van der Waals surface area contributed by atoms with Gasteiger partial charge in [-0.1, -0.05) is 13.0 Å². The van der Waals surface area contributed by atoms with Crippen molar-refractivity contribution in [2.24, 2.45) is 11.7 Å². The molecule has 1 aliphatic heterocycles. The van der Waals surface area contributed by atoms with Crippen molar-refractivity contribution in [3.05, 3.63) is 29.6 Å². The highest BCUT2D eigenvalue weighted by Crippen LogP contribution is 2.25. The number of rotatable bonds is 4. The number of aliphatic hydroxyl groups is 1. The SMILES string of the molecule is CC1CCN(Cc2cccnc2CN)C1CO. The fourth-order valence-corrected chi connectivity index (χ4v) is 2.60. The highest BCUT2D eigenvalue weighted by Gasteiger charge is 2.30. The monoisotopic (exact) mass is 235 g/mol. The molecule has 4 nitrogen and oxygen atoms in total. The van der Waals surface area contributed by atoms with Crippen LogP contribution in [0.5, 0.6) is 0 Å². The lowest BCUT2D eigenvalue weighted by atomic mass is 10.0. The van der Waals surface area contributed by atoms with Crippen LogP contribution in [0.4, 0.5) is 0 Å². The number of hydrogen-bond donors (Lipinski definition) is 2. The highest BCUT2D eigenvalue weighted by atomic mass is 16.3. The smallest absolute Gasteiger partial charge is 0.0589 e. The summed E-state index contributed by atoms with van der Waals surface area (Å²) in [5, 5.41) is 9.43. The first-order chi connectivity index (χ1) is 8.26. The molecule has 0 aliphatic carbocycles. The molecule has 1 fully saturated rings. The van der Waals surface area contributed by atoms with E-state index in [0.717, 1.165) is 25.2 Å². The second-order valence-corrected chi connectivity index (χ2v) is 4.80. The number of aliphatic hydroxyl groups excluding tert-OH is 1. The lowest BCUT2D eigenvalue weighted by Gasteiger charge is -2.25. The topological polar surface area (TPSA) is 62.4 Å². The Kier molecular flexibility index (Phi) is 4.10. The van der Waals surface area contributed by atoms with Crippen molar-refractivity contribution in [3.8, 4) is 0 Å². The Balaban J connectivity index is 2.10.